The van der Waals surface area contributed by atoms with Crippen molar-refractivity contribution in [2.45, 2.75) is 5.75 Å². The lowest BCUT2D eigenvalue weighted by Crippen LogP contribution is -2.01. The Balaban J connectivity index is 1.65. The first-order valence-corrected chi connectivity index (χ1v) is 12.3. The van der Waals surface area contributed by atoms with Crippen LogP contribution in [0.4, 0.5) is 8.78 Å². The summed E-state index contributed by atoms with van der Waals surface area (Å²) >= 11 is 0. The van der Waals surface area contributed by atoms with Crippen LogP contribution in [0.15, 0.2) is 67.3 Å². The molecule has 0 aliphatic heterocycles. The van der Waals surface area contributed by atoms with Gasteiger partial charge in [-0.3, -0.25) is 4.68 Å². The first-order chi connectivity index (χ1) is 16.2. The molecule has 10 heteroatoms. The average molecular weight is 480 g/mol. The van der Waals surface area contributed by atoms with E-state index in [2.05, 4.69) is 15.2 Å². The van der Waals surface area contributed by atoms with Gasteiger partial charge < -0.3 is 0 Å². The molecule has 0 bridgehead atoms. The number of fused-ring (bicyclic) bond motifs is 1. The van der Waals surface area contributed by atoms with Crippen LogP contribution in [-0.2, 0) is 22.6 Å². The van der Waals surface area contributed by atoms with E-state index in [-0.39, 0.29) is 11.3 Å². The van der Waals surface area contributed by atoms with E-state index in [0.29, 0.717) is 22.5 Å². The molecule has 34 heavy (non-hydrogen) atoms. The van der Waals surface area contributed by atoms with Gasteiger partial charge in [0, 0.05) is 42.3 Å². The molecule has 7 nitrogen and oxygen atoms in total. The van der Waals surface area contributed by atoms with Crippen LogP contribution in [0.5, 0.6) is 0 Å². The number of hydrogen-bond donors (Lipinski definition) is 0. The van der Waals surface area contributed by atoms with Crippen LogP contribution in [0.25, 0.3) is 39.2 Å². The van der Waals surface area contributed by atoms with Crippen molar-refractivity contribution in [3.8, 4) is 33.6 Å². The molecule has 5 rings (SSSR count). The number of nitrogens with zero attached hydrogens (tertiary/aromatic N) is 5. The van der Waals surface area contributed by atoms with E-state index in [9.17, 15) is 17.2 Å². The van der Waals surface area contributed by atoms with Crippen molar-refractivity contribution in [2.75, 3.05) is 6.26 Å². The molecule has 0 aliphatic rings. The summed E-state index contributed by atoms with van der Waals surface area (Å²) in [4.78, 5) is 4.25. The Morgan fingerprint density at radius 3 is 2.38 bits per heavy atom. The summed E-state index contributed by atoms with van der Waals surface area (Å²) in [5.74, 6) is -1.07. The molecule has 0 amide bonds. The molecule has 5 aromatic rings. The molecule has 0 radical (unpaired) electrons. The number of aryl methyl sites for hydroxylation is 1. The lowest BCUT2D eigenvalue weighted by atomic mass is 9.96. The summed E-state index contributed by atoms with van der Waals surface area (Å²) in [7, 11) is -1.56. The topological polar surface area (TPSA) is 82.1 Å². The van der Waals surface area contributed by atoms with Crippen LogP contribution in [0, 0.1) is 11.6 Å². The molecule has 0 unspecified atom stereocenters. The van der Waals surface area contributed by atoms with Gasteiger partial charge in [0.2, 0.25) is 0 Å². The van der Waals surface area contributed by atoms with E-state index < -0.39 is 21.5 Å². The van der Waals surface area contributed by atoms with Crippen LogP contribution in [0.2, 0.25) is 0 Å². The van der Waals surface area contributed by atoms with Gasteiger partial charge >= 0.3 is 0 Å². The van der Waals surface area contributed by atoms with E-state index >= 15 is 0 Å². The SMILES string of the molecule is Cn1cnc(-c2ccc3c(-c4cc(CS(C)(=O)=O)cc(-c5ccc(F)cc5F)c4)cnn3c2)n1. The van der Waals surface area contributed by atoms with Gasteiger partial charge in [-0.2, -0.15) is 10.2 Å². The fourth-order valence-corrected chi connectivity index (χ4v) is 4.70. The number of aromatic nitrogens is 5. The molecule has 0 fully saturated rings. The molecule has 172 valence electrons. The third-order valence-electron chi connectivity index (χ3n) is 5.35. The van der Waals surface area contributed by atoms with Gasteiger partial charge in [-0.05, 0) is 59.2 Å². The summed E-state index contributed by atoms with van der Waals surface area (Å²) in [6.07, 6.45) is 6.21. The van der Waals surface area contributed by atoms with E-state index in [1.807, 2.05) is 12.1 Å². The quantitative estimate of drug-likeness (QED) is 0.376. The average Bonchev–Trinajstić information content (AvgIpc) is 3.38. The summed E-state index contributed by atoms with van der Waals surface area (Å²) in [6.45, 7) is 0. The van der Waals surface area contributed by atoms with Gasteiger partial charge in [0.1, 0.15) is 18.0 Å². The van der Waals surface area contributed by atoms with Gasteiger partial charge in [0.05, 0.1) is 17.5 Å². The van der Waals surface area contributed by atoms with Crippen LogP contribution in [0.3, 0.4) is 0 Å². The second-order valence-corrected chi connectivity index (χ2v) is 10.3. The minimum Gasteiger partial charge on any atom is -0.255 e. The van der Waals surface area contributed by atoms with Crippen molar-refractivity contribution in [3.05, 3.63) is 84.4 Å². The van der Waals surface area contributed by atoms with Crippen molar-refractivity contribution < 1.29 is 17.2 Å². The molecular formula is C24H19F2N5O2S. The molecular weight excluding hydrogens is 460 g/mol. The zero-order valence-electron chi connectivity index (χ0n) is 18.3. The summed E-state index contributed by atoms with van der Waals surface area (Å²) in [5.41, 5.74) is 4.07. The van der Waals surface area contributed by atoms with Crippen molar-refractivity contribution in [1.82, 2.24) is 24.4 Å². The Hall–Kier alpha value is -3.92. The van der Waals surface area contributed by atoms with E-state index in [1.165, 1.54) is 12.1 Å². The third-order valence-corrected chi connectivity index (χ3v) is 6.21. The summed E-state index contributed by atoms with van der Waals surface area (Å²) in [5, 5.41) is 8.74. The zero-order valence-corrected chi connectivity index (χ0v) is 19.1. The zero-order chi connectivity index (χ0) is 24.0. The number of sulfone groups is 1. The number of benzene rings is 2. The minimum absolute atomic E-state index is 0.179. The predicted octanol–water partition coefficient (Wildman–Crippen LogP) is 4.29. The second-order valence-electron chi connectivity index (χ2n) is 8.16. The molecule has 0 saturated heterocycles. The Labute approximate surface area is 194 Å². The first-order valence-electron chi connectivity index (χ1n) is 10.3. The van der Waals surface area contributed by atoms with Crippen LogP contribution in [0.1, 0.15) is 5.56 Å². The molecule has 0 spiro atoms. The number of hydrogen-bond acceptors (Lipinski definition) is 5. The fraction of sp³-hybridized carbons (Fsp3) is 0.125. The van der Waals surface area contributed by atoms with Crippen molar-refractivity contribution in [3.63, 3.8) is 0 Å². The lowest BCUT2D eigenvalue weighted by molar-refractivity contribution is 0.585. The standard InChI is InChI=1S/C24H19F2N5O2S/c1-30-14-27-24(29-30)16-3-6-23-21(11-28-31(23)12-16)18-8-15(13-34(2,32)33)7-17(9-18)20-5-4-19(25)10-22(20)26/h3-12,14H,13H2,1-2H3. The van der Waals surface area contributed by atoms with Crippen molar-refractivity contribution >= 4 is 15.4 Å². The predicted molar refractivity (Wildman–Crippen MR) is 125 cm³/mol. The normalized spacial score (nSPS) is 11.9. The van der Waals surface area contributed by atoms with Gasteiger partial charge in [-0.25, -0.2) is 26.7 Å². The number of halogens is 2. The maximum Gasteiger partial charge on any atom is 0.182 e. The van der Waals surface area contributed by atoms with Crippen molar-refractivity contribution in [2.24, 2.45) is 7.05 Å². The molecule has 3 aromatic heterocycles. The Morgan fingerprint density at radius 1 is 0.941 bits per heavy atom. The Morgan fingerprint density at radius 2 is 1.71 bits per heavy atom. The largest absolute Gasteiger partial charge is 0.255 e. The highest BCUT2D eigenvalue weighted by Crippen LogP contribution is 2.33. The second kappa shape index (κ2) is 8.14. The highest BCUT2D eigenvalue weighted by Gasteiger charge is 2.15. The van der Waals surface area contributed by atoms with Crippen LogP contribution in [-0.4, -0.2) is 39.1 Å². The Kier molecular flexibility index (Phi) is 5.24. The third kappa shape index (κ3) is 4.32. The highest BCUT2D eigenvalue weighted by molar-refractivity contribution is 7.89. The summed E-state index contributed by atoms with van der Waals surface area (Å²) in [6, 6.07) is 12.2. The monoisotopic (exact) mass is 479 g/mol. The van der Waals surface area contributed by atoms with Gasteiger partial charge in [0.15, 0.2) is 15.7 Å². The maximum atomic E-state index is 14.6. The summed E-state index contributed by atoms with van der Waals surface area (Å²) < 4.78 is 55.3. The first kappa shape index (κ1) is 21.9. The maximum absolute atomic E-state index is 14.6. The number of pyridine rings is 1. The highest BCUT2D eigenvalue weighted by atomic mass is 32.2. The van der Waals surface area contributed by atoms with Crippen molar-refractivity contribution in [1.29, 1.82) is 0 Å². The van der Waals surface area contributed by atoms with Crippen LogP contribution >= 0.6 is 0 Å². The van der Waals surface area contributed by atoms with E-state index in [4.69, 9.17) is 0 Å². The van der Waals surface area contributed by atoms with E-state index in [1.54, 1.807) is 53.2 Å². The Bertz CT molecular complexity index is 1660. The molecule has 0 N–H and O–H groups in total. The number of rotatable bonds is 5. The van der Waals surface area contributed by atoms with Gasteiger partial charge in [-0.1, -0.05) is 0 Å². The van der Waals surface area contributed by atoms with Gasteiger partial charge in [0.25, 0.3) is 0 Å². The fourth-order valence-electron chi connectivity index (χ4n) is 3.92. The molecule has 2 aromatic carbocycles. The molecule has 0 aliphatic carbocycles. The molecule has 0 saturated carbocycles. The minimum atomic E-state index is -3.35. The molecule has 0 atom stereocenters. The van der Waals surface area contributed by atoms with Crippen LogP contribution < -0.4 is 0 Å². The molecule has 3 heterocycles. The lowest BCUT2D eigenvalue weighted by Gasteiger charge is -2.11. The smallest absolute Gasteiger partial charge is 0.182 e. The van der Waals surface area contributed by atoms with Gasteiger partial charge in [-0.15, -0.1) is 0 Å². The van der Waals surface area contributed by atoms with E-state index in [0.717, 1.165) is 29.0 Å².